The molecule has 0 aliphatic heterocycles. The molecule has 0 atom stereocenters. The first-order chi connectivity index (χ1) is 10.6. The number of rotatable bonds is 6. The molecule has 0 fully saturated rings. The number of hydrogen-bond acceptors (Lipinski definition) is 5. The van der Waals surface area contributed by atoms with Crippen LogP contribution >= 0.6 is 11.3 Å². The molecule has 22 heavy (non-hydrogen) atoms. The summed E-state index contributed by atoms with van der Waals surface area (Å²) in [7, 11) is 0. The maximum Gasteiger partial charge on any atom is 0.387 e. The van der Waals surface area contributed by atoms with Gasteiger partial charge >= 0.3 is 12.6 Å². The van der Waals surface area contributed by atoms with E-state index in [2.05, 4.69) is 10.1 Å². The number of benzene rings is 1. The van der Waals surface area contributed by atoms with Gasteiger partial charge in [0.05, 0.1) is 11.3 Å². The molecular formula is C14H11F2NO4S. The van der Waals surface area contributed by atoms with E-state index in [0.717, 1.165) is 0 Å². The summed E-state index contributed by atoms with van der Waals surface area (Å²) in [5, 5.41) is 5.64. The van der Waals surface area contributed by atoms with Crippen molar-refractivity contribution in [2.45, 2.75) is 6.61 Å². The zero-order valence-corrected chi connectivity index (χ0v) is 11.9. The molecule has 0 radical (unpaired) electrons. The van der Waals surface area contributed by atoms with Crippen LogP contribution in [0.5, 0.6) is 5.75 Å². The summed E-state index contributed by atoms with van der Waals surface area (Å²) in [5.41, 5.74) is 0.415. The van der Waals surface area contributed by atoms with Gasteiger partial charge in [-0.15, -0.1) is 0 Å². The third kappa shape index (κ3) is 4.52. The van der Waals surface area contributed by atoms with Crippen LogP contribution in [0.2, 0.25) is 0 Å². The van der Waals surface area contributed by atoms with Gasteiger partial charge in [0.25, 0.3) is 5.91 Å². The third-order valence-electron chi connectivity index (χ3n) is 2.47. The molecule has 0 spiro atoms. The number of halogens is 2. The normalized spacial score (nSPS) is 10.3. The van der Waals surface area contributed by atoms with Gasteiger partial charge in [-0.05, 0) is 23.6 Å². The zero-order valence-electron chi connectivity index (χ0n) is 11.1. The lowest BCUT2D eigenvalue weighted by Crippen LogP contribution is -2.21. The van der Waals surface area contributed by atoms with Gasteiger partial charge in [-0.1, -0.05) is 12.1 Å². The highest BCUT2D eigenvalue weighted by atomic mass is 32.1. The summed E-state index contributed by atoms with van der Waals surface area (Å²) in [4.78, 5) is 23.3. The molecule has 1 amide bonds. The molecule has 0 unspecified atom stereocenters. The second-order valence-corrected chi connectivity index (χ2v) is 4.79. The van der Waals surface area contributed by atoms with E-state index in [-0.39, 0.29) is 11.4 Å². The monoisotopic (exact) mass is 327 g/mol. The summed E-state index contributed by atoms with van der Waals surface area (Å²) in [5.74, 6) is -1.46. The Hall–Kier alpha value is -2.48. The maximum absolute atomic E-state index is 12.2. The Morgan fingerprint density at radius 3 is 2.68 bits per heavy atom. The number of amides is 1. The van der Waals surface area contributed by atoms with Crippen molar-refractivity contribution in [2.24, 2.45) is 0 Å². The van der Waals surface area contributed by atoms with Crippen molar-refractivity contribution in [3.05, 3.63) is 46.7 Å². The molecule has 0 aliphatic carbocycles. The number of anilines is 1. The number of carbonyl (C=O) groups is 2. The van der Waals surface area contributed by atoms with Crippen LogP contribution in [-0.4, -0.2) is 25.1 Å². The topological polar surface area (TPSA) is 64.6 Å². The number of carbonyl (C=O) groups excluding carboxylic acids is 2. The van der Waals surface area contributed by atoms with Gasteiger partial charge < -0.3 is 14.8 Å². The van der Waals surface area contributed by atoms with E-state index < -0.39 is 25.1 Å². The van der Waals surface area contributed by atoms with E-state index in [1.54, 1.807) is 22.9 Å². The number of ether oxygens (including phenoxy) is 2. The summed E-state index contributed by atoms with van der Waals surface area (Å²) in [6.45, 7) is -3.54. The number of nitrogens with one attached hydrogen (secondary N) is 1. The maximum atomic E-state index is 12.2. The molecule has 1 aromatic heterocycles. The van der Waals surface area contributed by atoms with Crippen molar-refractivity contribution in [3.63, 3.8) is 0 Å². The van der Waals surface area contributed by atoms with Gasteiger partial charge in [-0.25, -0.2) is 4.79 Å². The molecule has 116 valence electrons. The second kappa shape index (κ2) is 7.51. The van der Waals surface area contributed by atoms with E-state index >= 15 is 0 Å². The van der Waals surface area contributed by atoms with Crippen LogP contribution in [0.1, 0.15) is 10.4 Å². The van der Waals surface area contributed by atoms with Gasteiger partial charge in [-0.2, -0.15) is 20.1 Å². The average molecular weight is 327 g/mol. The summed E-state index contributed by atoms with van der Waals surface area (Å²) < 4.78 is 33.6. The molecule has 1 aromatic carbocycles. The van der Waals surface area contributed by atoms with E-state index in [0.29, 0.717) is 5.56 Å². The van der Waals surface area contributed by atoms with Gasteiger partial charge in [0.1, 0.15) is 5.75 Å². The lowest BCUT2D eigenvalue weighted by atomic mass is 10.3. The van der Waals surface area contributed by atoms with Crippen LogP contribution in [0.4, 0.5) is 14.5 Å². The Balaban J connectivity index is 1.91. The van der Waals surface area contributed by atoms with Crippen LogP contribution in [-0.2, 0) is 9.53 Å². The highest BCUT2D eigenvalue weighted by molar-refractivity contribution is 7.08. The lowest BCUT2D eigenvalue weighted by Gasteiger charge is -2.11. The van der Waals surface area contributed by atoms with Crippen LogP contribution in [0.15, 0.2) is 41.1 Å². The number of thiophene rings is 1. The van der Waals surface area contributed by atoms with Crippen molar-refractivity contribution in [2.75, 3.05) is 11.9 Å². The fourth-order valence-corrected chi connectivity index (χ4v) is 2.18. The second-order valence-electron chi connectivity index (χ2n) is 4.01. The minimum Gasteiger partial charge on any atom is -0.452 e. The first-order valence-electron chi connectivity index (χ1n) is 6.09. The van der Waals surface area contributed by atoms with Gasteiger partial charge in [-0.3, -0.25) is 4.79 Å². The predicted molar refractivity (Wildman–Crippen MR) is 76.3 cm³/mol. The minimum absolute atomic E-state index is 0.0689. The average Bonchev–Trinajstić information content (AvgIpc) is 3.00. The summed E-state index contributed by atoms with van der Waals surface area (Å²) in [6, 6.07) is 7.29. The van der Waals surface area contributed by atoms with Gasteiger partial charge in [0.15, 0.2) is 6.61 Å². The number of esters is 1. The fraction of sp³-hybridized carbons (Fsp3) is 0.143. The Bertz CT molecular complexity index is 646. The lowest BCUT2D eigenvalue weighted by molar-refractivity contribution is -0.119. The van der Waals surface area contributed by atoms with E-state index in [9.17, 15) is 18.4 Å². The van der Waals surface area contributed by atoms with Crippen molar-refractivity contribution in [3.8, 4) is 5.75 Å². The molecule has 2 aromatic rings. The molecule has 0 saturated heterocycles. The standard InChI is InChI=1S/C14H11F2NO4S/c15-14(16)21-11-4-2-1-3-10(11)17-12(18)7-20-13(19)9-5-6-22-8-9/h1-6,8,14H,7H2,(H,17,18). The Labute approximate surface area is 128 Å². The van der Waals surface area contributed by atoms with Crippen molar-refractivity contribution >= 4 is 28.9 Å². The van der Waals surface area contributed by atoms with Crippen LogP contribution in [0, 0.1) is 0 Å². The van der Waals surface area contributed by atoms with E-state index in [4.69, 9.17) is 4.74 Å². The molecule has 0 saturated carbocycles. The molecule has 1 N–H and O–H groups in total. The van der Waals surface area contributed by atoms with E-state index in [1.807, 2.05) is 0 Å². The van der Waals surface area contributed by atoms with Crippen molar-refractivity contribution < 1.29 is 27.8 Å². The first-order valence-corrected chi connectivity index (χ1v) is 7.03. The molecular weight excluding hydrogens is 316 g/mol. The van der Waals surface area contributed by atoms with E-state index in [1.165, 1.54) is 29.5 Å². The molecule has 0 bridgehead atoms. The smallest absolute Gasteiger partial charge is 0.387 e. The van der Waals surface area contributed by atoms with Gasteiger partial charge in [0, 0.05) is 5.38 Å². The van der Waals surface area contributed by atoms with Crippen molar-refractivity contribution in [1.82, 2.24) is 0 Å². The largest absolute Gasteiger partial charge is 0.452 e. The summed E-state index contributed by atoms with van der Waals surface area (Å²) in [6.07, 6.45) is 0. The van der Waals surface area contributed by atoms with Crippen LogP contribution in [0.25, 0.3) is 0 Å². The summed E-state index contributed by atoms with van der Waals surface area (Å²) >= 11 is 1.32. The number of para-hydroxylation sites is 2. The molecule has 0 aliphatic rings. The zero-order chi connectivity index (χ0) is 15.9. The Morgan fingerprint density at radius 2 is 2.00 bits per heavy atom. The molecule has 1 heterocycles. The highest BCUT2D eigenvalue weighted by Gasteiger charge is 2.14. The number of hydrogen-bond donors (Lipinski definition) is 1. The fourth-order valence-electron chi connectivity index (χ4n) is 1.55. The predicted octanol–water partition coefficient (Wildman–Crippen LogP) is 3.15. The minimum atomic E-state index is -3.01. The quantitative estimate of drug-likeness (QED) is 0.828. The van der Waals surface area contributed by atoms with Gasteiger partial charge in [0.2, 0.25) is 0 Å². The molecule has 8 heteroatoms. The highest BCUT2D eigenvalue weighted by Crippen LogP contribution is 2.25. The molecule has 5 nitrogen and oxygen atoms in total. The Morgan fingerprint density at radius 1 is 1.23 bits per heavy atom. The third-order valence-corrected chi connectivity index (χ3v) is 3.15. The van der Waals surface area contributed by atoms with Crippen LogP contribution in [0.3, 0.4) is 0 Å². The number of alkyl halides is 2. The van der Waals surface area contributed by atoms with Crippen LogP contribution < -0.4 is 10.1 Å². The SMILES string of the molecule is O=C(COC(=O)c1ccsc1)Nc1ccccc1OC(F)F. The first kappa shape index (κ1) is 15.9. The Kier molecular flexibility index (Phi) is 5.42. The molecule has 2 rings (SSSR count). The van der Waals surface area contributed by atoms with Crippen molar-refractivity contribution in [1.29, 1.82) is 0 Å².